The van der Waals surface area contributed by atoms with Crippen LogP contribution in [0.3, 0.4) is 0 Å². The highest BCUT2D eigenvalue weighted by atomic mass is 19.1. The number of benzene rings is 3. The van der Waals surface area contributed by atoms with Gasteiger partial charge >= 0.3 is 6.03 Å². The zero-order chi connectivity index (χ0) is 23.5. The Hall–Kier alpha value is -4.26. The average molecular weight is 444 g/mol. The van der Waals surface area contributed by atoms with Crippen molar-refractivity contribution in [1.82, 2.24) is 5.32 Å². The van der Waals surface area contributed by atoms with E-state index in [4.69, 9.17) is 4.74 Å². The van der Waals surface area contributed by atoms with Crippen molar-refractivity contribution < 1.29 is 23.5 Å². The molecule has 1 heterocycles. The molecular formula is C26H21FN2O4. The molecule has 1 aliphatic heterocycles. The molecule has 0 unspecified atom stereocenters. The van der Waals surface area contributed by atoms with Crippen molar-refractivity contribution in [3.63, 3.8) is 0 Å². The molecule has 4 amide bonds. The van der Waals surface area contributed by atoms with E-state index in [2.05, 4.69) is 5.32 Å². The van der Waals surface area contributed by atoms with Gasteiger partial charge in [0.2, 0.25) is 0 Å². The van der Waals surface area contributed by atoms with E-state index in [-0.39, 0.29) is 18.0 Å². The van der Waals surface area contributed by atoms with Crippen LogP contribution in [-0.4, -0.2) is 17.8 Å². The SMILES string of the molecule is Cc1ccc(N2C(=O)NC(=O)/C(=C\c3ccc(OCc4ccc(F)cc4)cc3)C2=O)cc1C. The maximum absolute atomic E-state index is 13.0. The molecule has 6 nitrogen and oxygen atoms in total. The van der Waals surface area contributed by atoms with Crippen LogP contribution < -0.4 is 15.0 Å². The van der Waals surface area contributed by atoms with Crippen LogP contribution in [0.4, 0.5) is 14.9 Å². The van der Waals surface area contributed by atoms with Crippen LogP contribution >= 0.6 is 0 Å². The second-order valence-corrected chi connectivity index (χ2v) is 7.71. The summed E-state index contributed by atoms with van der Waals surface area (Å²) in [7, 11) is 0. The van der Waals surface area contributed by atoms with Gasteiger partial charge in [0, 0.05) is 0 Å². The van der Waals surface area contributed by atoms with Crippen molar-refractivity contribution in [3.8, 4) is 5.75 Å². The zero-order valence-corrected chi connectivity index (χ0v) is 18.1. The highest BCUT2D eigenvalue weighted by Gasteiger charge is 2.36. The quantitative estimate of drug-likeness (QED) is 0.458. The summed E-state index contributed by atoms with van der Waals surface area (Å²) in [5.74, 6) is -1.17. The number of carbonyl (C=O) groups excluding carboxylic acids is 3. The molecule has 0 aliphatic carbocycles. The van der Waals surface area contributed by atoms with E-state index in [0.29, 0.717) is 17.0 Å². The number of hydrogen-bond donors (Lipinski definition) is 1. The van der Waals surface area contributed by atoms with Gasteiger partial charge in [0.15, 0.2) is 0 Å². The van der Waals surface area contributed by atoms with Gasteiger partial charge < -0.3 is 4.74 Å². The third-order valence-electron chi connectivity index (χ3n) is 5.36. The maximum atomic E-state index is 13.0. The fraction of sp³-hybridized carbons (Fsp3) is 0.115. The molecule has 0 spiro atoms. The number of nitrogens with zero attached hydrogens (tertiary/aromatic N) is 1. The van der Waals surface area contributed by atoms with Crippen molar-refractivity contribution in [2.24, 2.45) is 0 Å². The van der Waals surface area contributed by atoms with Crippen molar-refractivity contribution in [3.05, 3.63) is 100 Å². The molecule has 0 radical (unpaired) electrons. The molecular weight excluding hydrogens is 423 g/mol. The summed E-state index contributed by atoms with van der Waals surface area (Å²) in [6, 6.07) is 17.3. The molecule has 3 aromatic carbocycles. The number of urea groups is 1. The van der Waals surface area contributed by atoms with E-state index >= 15 is 0 Å². The average Bonchev–Trinajstić information content (AvgIpc) is 2.79. The summed E-state index contributed by atoms with van der Waals surface area (Å²) in [4.78, 5) is 38.7. The standard InChI is InChI=1S/C26H21FN2O4/c1-16-3-10-21(13-17(16)2)29-25(31)23(24(30)28-26(29)32)14-18-6-11-22(12-7-18)33-15-19-4-8-20(27)9-5-19/h3-14H,15H2,1-2H3,(H,28,30,32)/b23-14+. The lowest BCUT2D eigenvalue weighted by Gasteiger charge is -2.26. The number of amides is 4. The third-order valence-corrected chi connectivity index (χ3v) is 5.36. The Balaban J connectivity index is 1.52. The molecule has 3 aromatic rings. The fourth-order valence-corrected chi connectivity index (χ4v) is 3.33. The van der Waals surface area contributed by atoms with Gasteiger partial charge in [0.1, 0.15) is 23.7 Å². The van der Waals surface area contributed by atoms with Gasteiger partial charge in [-0.05, 0) is 78.6 Å². The van der Waals surface area contributed by atoms with Crippen LogP contribution in [0.5, 0.6) is 5.75 Å². The topological polar surface area (TPSA) is 75.7 Å². The minimum Gasteiger partial charge on any atom is -0.489 e. The minimum absolute atomic E-state index is 0.146. The Bertz CT molecular complexity index is 1260. The van der Waals surface area contributed by atoms with Gasteiger partial charge in [-0.1, -0.05) is 30.3 Å². The molecule has 1 fully saturated rings. The highest BCUT2D eigenvalue weighted by Crippen LogP contribution is 2.24. The Morgan fingerprint density at radius 2 is 1.61 bits per heavy atom. The number of halogens is 1. The number of nitrogens with one attached hydrogen (secondary N) is 1. The van der Waals surface area contributed by atoms with Gasteiger partial charge in [-0.25, -0.2) is 14.1 Å². The first kappa shape index (κ1) is 22.0. The Labute approximate surface area is 190 Å². The first-order valence-corrected chi connectivity index (χ1v) is 10.3. The fourth-order valence-electron chi connectivity index (χ4n) is 3.33. The summed E-state index contributed by atoms with van der Waals surface area (Å²) in [5.41, 5.74) is 3.61. The molecule has 7 heteroatoms. The maximum Gasteiger partial charge on any atom is 0.335 e. The van der Waals surface area contributed by atoms with Crippen LogP contribution in [0.15, 0.2) is 72.3 Å². The molecule has 0 aromatic heterocycles. The van der Waals surface area contributed by atoms with Gasteiger partial charge in [-0.2, -0.15) is 0 Å². The zero-order valence-electron chi connectivity index (χ0n) is 18.1. The molecule has 33 heavy (non-hydrogen) atoms. The van der Waals surface area contributed by atoms with E-state index in [1.807, 2.05) is 19.9 Å². The number of anilines is 1. The van der Waals surface area contributed by atoms with Crippen molar-refractivity contribution >= 4 is 29.6 Å². The van der Waals surface area contributed by atoms with Crippen LogP contribution in [0.25, 0.3) is 6.08 Å². The monoisotopic (exact) mass is 444 g/mol. The van der Waals surface area contributed by atoms with Crippen LogP contribution in [-0.2, 0) is 16.2 Å². The number of barbiturate groups is 1. The normalized spacial score (nSPS) is 15.1. The predicted octanol–water partition coefficient (Wildman–Crippen LogP) is 4.69. The Morgan fingerprint density at radius 3 is 2.27 bits per heavy atom. The highest BCUT2D eigenvalue weighted by molar-refractivity contribution is 6.39. The number of rotatable bonds is 5. The molecule has 0 saturated carbocycles. The molecule has 1 saturated heterocycles. The summed E-state index contributed by atoms with van der Waals surface area (Å²) >= 11 is 0. The van der Waals surface area contributed by atoms with Crippen molar-refractivity contribution in [2.75, 3.05) is 4.90 Å². The van der Waals surface area contributed by atoms with E-state index in [1.165, 1.54) is 18.2 Å². The number of hydrogen-bond acceptors (Lipinski definition) is 4. The molecule has 0 bridgehead atoms. The number of carbonyl (C=O) groups is 3. The molecule has 4 rings (SSSR count). The Morgan fingerprint density at radius 1 is 0.909 bits per heavy atom. The van der Waals surface area contributed by atoms with E-state index < -0.39 is 17.8 Å². The van der Waals surface area contributed by atoms with E-state index in [9.17, 15) is 18.8 Å². The van der Waals surface area contributed by atoms with Gasteiger partial charge in [-0.15, -0.1) is 0 Å². The second-order valence-electron chi connectivity index (χ2n) is 7.71. The minimum atomic E-state index is -0.782. The first-order valence-electron chi connectivity index (χ1n) is 10.3. The van der Waals surface area contributed by atoms with E-state index in [1.54, 1.807) is 48.5 Å². The van der Waals surface area contributed by atoms with Gasteiger partial charge in [-0.3, -0.25) is 14.9 Å². The third kappa shape index (κ3) is 4.82. The molecule has 166 valence electrons. The largest absolute Gasteiger partial charge is 0.489 e. The van der Waals surface area contributed by atoms with E-state index in [0.717, 1.165) is 21.6 Å². The van der Waals surface area contributed by atoms with Gasteiger partial charge in [0.25, 0.3) is 11.8 Å². The lowest BCUT2D eigenvalue weighted by molar-refractivity contribution is -0.122. The van der Waals surface area contributed by atoms with Crippen LogP contribution in [0.2, 0.25) is 0 Å². The summed E-state index contributed by atoms with van der Waals surface area (Å²) in [5, 5.41) is 2.22. The number of imide groups is 2. The summed E-state index contributed by atoms with van der Waals surface area (Å²) in [6.45, 7) is 4.08. The lowest BCUT2D eigenvalue weighted by Crippen LogP contribution is -2.54. The van der Waals surface area contributed by atoms with Crippen LogP contribution in [0, 0.1) is 19.7 Å². The van der Waals surface area contributed by atoms with Crippen molar-refractivity contribution in [1.29, 1.82) is 0 Å². The van der Waals surface area contributed by atoms with Crippen molar-refractivity contribution in [2.45, 2.75) is 20.5 Å². The first-order chi connectivity index (χ1) is 15.8. The van der Waals surface area contributed by atoms with Gasteiger partial charge in [0.05, 0.1) is 5.69 Å². The molecule has 1 aliphatic rings. The second kappa shape index (κ2) is 9.08. The number of aryl methyl sites for hydroxylation is 2. The molecule has 0 atom stereocenters. The summed E-state index contributed by atoms with van der Waals surface area (Å²) in [6.07, 6.45) is 1.43. The Kier molecular flexibility index (Phi) is 6.04. The molecule has 1 N–H and O–H groups in total. The lowest BCUT2D eigenvalue weighted by atomic mass is 10.1. The smallest absolute Gasteiger partial charge is 0.335 e. The predicted molar refractivity (Wildman–Crippen MR) is 122 cm³/mol. The van der Waals surface area contributed by atoms with Crippen LogP contribution in [0.1, 0.15) is 22.3 Å². The summed E-state index contributed by atoms with van der Waals surface area (Å²) < 4.78 is 18.7. The number of ether oxygens (including phenoxy) is 1.